The zero-order chi connectivity index (χ0) is 15.9. The van der Waals surface area contributed by atoms with E-state index in [1.54, 1.807) is 11.0 Å². The molecule has 6 heteroatoms. The van der Waals surface area contributed by atoms with Crippen LogP contribution in [-0.2, 0) is 11.2 Å². The standard InChI is InChI=1S/C16H19Cl2FN2O/c1-10-14-11(7-12(17)8-13(14)18)3-6-21(10)15(22)16(19)4-2-5-20-9-16/h7-8,10,20H,2-6,9H2,1H3/t10-,16?/m0/s1. The molecule has 1 unspecified atom stereocenters. The highest BCUT2D eigenvalue weighted by Crippen LogP contribution is 2.38. The maximum absolute atomic E-state index is 15.0. The third kappa shape index (κ3) is 2.72. The molecule has 3 rings (SSSR count). The molecular weight excluding hydrogens is 326 g/mol. The first-order valence-corrected chi connectivity index (χ1v) is 8.36. The average molecular weight is 345 g/mol. The summed E-state index contributed by atoms with van der Waals surface area (Å²) in [5.41, 5.74) is 0.130. The molecule has 2 atom stereocenters. The smallest absolute Gasteiger partial charge is 0.262 e. The van der Waals surface area contributed by atoms with E-state index < -0.39 is 11.6 Å². The number of benzene rings is 1. The molecule has 3 nitrogen and oxygen atoms in total. The van der Waals surface area contributed by atoms with Gasteiger partial charge in [0.05, 0.1) is 6.04 Å². The van der Waals surface area contributed by atoms with Gasteiger partial charge in [-0.3, -0.25) is 4.79 Å². The van der Waals surface area contributed by atoms with E-state index in [4.69, 9.17) is 23.2 Å². The first-order chi connectivity index (χ1) is 10.4. The summed E-state index contributed by atoms with van der Waals surface area (Å²) < 4.78 is 15.0. The fraction of sp³-hybridized carbons (Fsp3) is 0.562. The molecule has 0 aliphatic carbocycles. The highest BCUT2D eigenvalue weighted by molar-refractivity contribution is 6.35. The van der Waals surface area contributed by atoms with Crippen LogP contribution in [0.25, 0.3) is 0 Å². The Labute approximate surface area is 139 Å². The Morgan fingerprint density at radius 1 is 1.45 bits per heavy atom. The topological polar surface area (TPSA) is 32.3 Å². The number of piperidine rings is 1. The number of hydrogen-bond donors (Lipinski definition) is 1. The Morgan fingerprint density at radius 2 is 2.23 bits per heavy atom. The van der Waals surface area contributed by atoms with Crippen LogP contribution < -0.4 is 5.32 Å². The lowest BCUT2D eigenvalue weighted by Gasteiger charge is -2.40. The quantitative estimate of drug-likeness (QED) is 0.845. The number of nitrogens with zero attached hydrogens (tertiary/aromatic N) is 1. The normalized spacial score (nSPS) is 28.4. The van der Waals surface area contributed by atoms with Gasteiger partial charge in [0.25, 0.3) is 5.91 Å². The van der Waals surface area contributed by atoms with Crippen LogP contribution in [0, 0.1) is 0 Å². The summed E-state index contributed by atoms with van der Waals surface area (Å²) in [4.78, 5) is 14.3. The van der Waals surface area contributed by atoms with Crippen LogP contribution in [-0.4, -0.2) is 36.1 Å². The molecule has 0 aromatic heterocycles. The third-order valence-electron chi connectivity index (χ3n) is 4.66. The van der Waals surface area contributed by atoms with Gasteiger partial charge in [-0.1, -0.05) is 23.2 Å². The molecule has 2 heterocycles. The van der Waals surface area contributed by atoms with Crippen LogP contribution in [0.1, 0.15) is 36.9 Å². The fourth-order valence-corrected chi connectivity index (χ4v) is 4.18. The minimum absolute atomic E-state index is 0.0935. The number of carbonyl (C=O) groups excluding carboxylic acids is 1. The van der Waals surface area contributed by atoms with Crippen molar-refractivity contribution in [3.05, 3.63) is 33.3 Å². The van der Waals surface area contributed by atoms with E-state index in [2.05, 4.69) is 5.32 Å². The van der Waals surface area contributed by atoms with Crippen LogP contribution in [0.2, 0.25) is 10.0 Å². The number of alkyl halides is 1. The SMILES string of the molecule is C[C@H]1c2c(Cl)cc(Cl)cc2CCN1C(=O)C1(F)CCCNC1. The van der Waals surface area contributed by atoms with E-state index >= 15 is 0 Å². The van der Waals surface area contributed by atoms with E-state index in [1.807, 2.05) is 13.0 Å². The zero-order valence-corrected chi connectivity index (χ0v) is 14.0. The van der Waals surface area contributed by atoms with E-state index in [0.29, 0.717) is 29.4 Å². The number of fused-ring (bicyclic) bond motifs is 1. The molecule has 1 fully saturated rings. The second-order valence-corrected chi connectivity index (χ2v) is 6.97. The molecule has 1 N–H and O–H groups in total. The molecule has 1 aromatic rings. The van der Waals surface area contributed by atoms with Gasteiger partial charge in [0, 0.05) is 23.1 Å². The van der Waals surface area contributed by atoms with E-state index in [-0.39, 0.29) is 19.0 Å². The van der Waals surface area contributed by atoms with Gasteiger partial charge in [0.1, 0.15) is 0 Å². The minimum Gasteiger partial charge on any atom is -0.333 e. The predicted octanol–water partition coefficient (Wildman–Crippen LogP) is 3.53. The number of halogens is 3. The summed E-state index contributed by atoms with van der Waals surface area (Å²) in [6, 6.07) is 3.32. The molecule has 2 aliphatic rings. The van der Waals surface area contributed by atoms with Crippen molar-refractivity contribution in [3.63, 3.8) is 0 Å². The molecule has 120 valence electrons. The van der Waals surface area contributed by atoms with E-state index in [9.17, 15) is 9.18 Å². The minimum atomic E-state index is -1.80. The summed E-state index contributed by atoms with van der Waals surface area (Å²) >= 11 is 12.3. The molecule has 2 aliphatic heterocycles. The highest BCUT2D eigenvalue weighted by atomic mass is 35.5. The van der Waals surface area contributed by atoms with Crippen molar-refractivity contribution < 1.29 is 9.18 Å². The predicted molar refractivity (Wildman–Crippen MR) is 86.2 cm³/mol. The Morgan fingerprint density at radius 3 is 2.91 bits per heavy atom. The lowest BCUT2D eigenvalue weighted by Crippen LogP contribution is -2.55. The van der Waals surface area contributed by atoms with Gasteiger partial charge in [-0.25, -0.2) is 4.39 Å². The van der Waals surface area contributed by atoms with Crippen LogP contribution in [0.5, 0.6) is 0 Å². The molecule has 0 spiro atoms. The van der Waals surface area contributed by atoms with Gasteiger partial charge in [0.15, 0.2) is 0 Å². The summed E-state index contributed by atoms with van der Waals surface area (Å²) in [6.45, 7) is 3.25. The Hall–Kier alpha value is -0.840. The van der Waals surface area contributed by atoms with Crippen molar-refractivity contribution in [2.24, 2.45) is 0 Å². The van der Waals surface area contributed by atoms with Crippen LogP contribution in [0.3, 0.4) is 0 Å². The number of hydrogen-bond acceptors (Lipinski definition) is 2. The summed E-state index contributed by atoms with van der Waals surface area (Å²) in [6.07, 6.45) is 1.61. The lowest BCUT2D eigenvalue weighted by atomic mass is 9.89. The fourth-order valence-electron chi connectivity index (χ4n) is 3.49. The molecule has 1 saturated heterocycles. The van der Waals surface area contributed by atoms with Gasteiger partial charge >= 0.3 is 0 Å². The molecule has 0 saturated carbocycles. The largest absolute Gasteiger partial charge is 0.333 e. The van der Waals surface area contributed by atoms with Crippen molar-refractivity contribution in [2.45, 2.75) is 37.9 Å². The maximum Gasteiger partial charge on any atom is 0.262 e. The van der Waals surface area contributed by atoms with Gasteiger partial charge in [-0.2, -0.15) is 0 Å². The second kappa shape index (κ2) is 5.99. The maximum atomic E-state index is 15.0. The summed E-state index contributed by atoms with van der Waals surface area (Å²) in [7, 11) is 0. The number of amides is 1. The monoisotopic (exact) mass is 344 g/mol. The van der Waals surface area contributed by atoms with Crippen molar-refractivity contribution in [3.8, 4) is 0 Å². The van der Waals surface area contributed by atoms with Crippen LogP contribution in [0.4, 0.5) is 4.39 Å². The molecule has 0 radical (unpaired) electrons. The van der Waals surface area contributed by atoms with Crippen LogP contribution >= 0.6 is 23.2 Å². The van der Waals surface area contributed by atoms with Gasteiger partial charge in [0.2, 0.25) is 5.67 Å². The number of nitrogens with one attached hydrogen (secondary N) is 1. The van der Waals surface area contributed by atoms with Crippen molar-refractivity contribution in [1.82, 2.24) is 10.2 Å². The summed E-state index contributed by atoms with van der Waals surface area (Å²) in [5.74, 6) is -0.427. The lowest BCUT2D eigenvalue weighted by molar-refractivity contribution is -0.148. The molecule has 1 aromatic carbocycles. The van der Waals surface area contributed by atoms with Crippen LogP contribution in [0.15, 0.2) is 12.1 Å². The van der Waals surface area contributed by atoms with E-state index in [1.165, 1.54) is 0 Å². The van der Waals surface area contributed by atoms with Gasteiger partial charge < -0.3 is 10.2 Å². The molecule has 22 heavy (non-hydrogen) atoms. The number of carbonyl (C=O) groups is 1. The van der Waals surface area contributed by atoms with Gasteiger partial charge in [-0.15, -0.1) is 0 Å². The first-order valence-electron chi connectivity index (χ1n) is 7.61. The number of rotatable bonds is 1. The molecular formula is C16H19Cl2FN2O. The van der Waals surface area contributed by atoms with Crippen molar-refractivity contribution >= 4 is 29.1 Å². The molecule has 0 bridgehead atoms. The Bertz CT molecular complexity index is 602. The second-order valence-electron chi connectivity index (χ2n) is 6.13. The van der Waals surface area contributed by atoms with E-state index in [0.717, 1.165) is 17.7 Å². The Kier molecular flexibility index (Phi) is 4.36. The summed E-state index contributed by atoms with van der Waals surface area (Å²) in [5, 5.41) is 4.12. The highest BCUT2D eigenvalue weighted by Gasteiger charge is 2.45. The van der Waals surface area contributed by atoms with Crippen molar-refractivity contribution in [2.75, 3.05) is 19.6 Å². The molecule has 1 amide bonds. The van der Waals surface area contributed by atoms with Crippen molar-refractivity contribution in [1.29, 1.82) is 0 Å². The van der Waals surface area contributed by atoms with Gasteiger partial charge in [-0.05, 0) is 56.0 Å². The average Bonchev–Trinajstić information content (AvgIpc) is 2.47. The zero-order valence-electron chi connectivity index (χ0n) is 12.5. The first kappa shape index (κ1) is 16.0. The third-order valence-corrected chi connectivity index (χ3v) is 5.19. The Balaban J connectivity index is 1.89.